The van der Waals surface area contributed by atoms with E-state index in [1.54, 1.807) is 0 Å². The number of nitrogens with zero attached hydrogens (tertiary/aromatic N) is 1. The summed E-state index contributed by atoms with van der Waals surface area (Å²) in [6.45, 7) is 7.54. The maximum atomic E-state index is 12.1. The molecule has 3 heteroatoms. The number of rotatable bonds is 3. The van der Waals surface area contributed by atoms with Gasteiger partial charge in [-0.2, -0.15) is 0 Å². The molecule has 0 saturated heterocycles. The zero-order valence-corrected chi connectivity index (χ0v) is 10.0. The fourth-order valence-corrected chi connectivity index (χ4v) is 1.94. The van der Waals surface area contributed by atoms with Crippen LogP contribution in [0.4, 0.5) is 0 Å². The molecule has 1 atom stereocenters. The first-order valence-corrected chi connectivity index (χ1v) is 5.71. The minimum atomic E-state index is -0.687. The molecular formula is C12H22N2O. The van der Waals surface area contributed by atoms with Gasteiger partial charge < -0.3 is 10.6 Å². The molecule has 0 aromatic carbocycles. The third kappa shape index (κ3) is 3.06. The summed E-state index contributed by atoms with van der Waals surface area (Å²) >= 11 is 0. The summed E-state index contributed by atoms with van der Waals surface area (Å²) < 4.78 is 0. The van der Waals surface area contributed by atoms with E-state index in [0.29, 0.717) is 0 Å². The van der Waals surface area contributed by atoms with E-state index < -0.39 is 5.54 Å². The molecule has 0 saturated carbocycles. The van der Waals surface area contributed by atoms with Crippen molar-refractivity contribution in [3.63, 3.8) is 0 Å². The second-order valence-corrected chi connectivity index (χ2v) is 4.72. The van der Waals surface area contributed by atoms with Crippen LogP contribution in [0.15, 0.2) is 11.6 Å². The average molecular weight is 210 g/mol. The molecule has 0 spiro atoms. The maximum Gasteiger partial charge on any atom is 0.242 e. The highest BCUT2D eigenvalue weighted by Crippen LogP contribution is 2.16. The molecule has 1 heterocycles. The first-order valence-electron chi connectivity index (χ1n) is 5.71. The third-order valence-corrected chi connectivity index (χ3v) is 2.98. The molecule has 0 aliphatic carbocycles. The molecule has 0 radical (unpaired) electrons. The Hall–Kier alpha value is -0.830. The Kier molecular flexibility index (Phi) is 3.91. The fraction of sp³-hybridized carbons (Fsp3) is 0.750. The molecule has 86 valence electrons. The normalized spacial score (nSPS) is 20.8. The lowest BCUT2D eigenvalue weighted by Gasteiger charge is -2.33. The Morgan fingerprint density at radius 1 is 1.67 bits per heavy atom. The first-order chi connectivity index (χ1) is 6.97. The van der Waals surface area contributed by atoms with Crippen LogP contribution in [0.1, 0.15) is 40.0 Å². The zero-order chi connectivity index (χ0) is 11.5. The van der Waals surface area contributed by atoms with Crippen LogP contribution in [0.5, 0.6) is 0 Å². The standard InChI is InChI=1S/C12H22N2O/c1-4-7-12(3,13)11(15)14-8-5-10(2)6-9-14/h5H,4,6-9,13H2,1-3H3. The summed E-state index contributed by atoms with van der Waals surface area (Å²) in [7, 11) is 0. The van der Waals surface area contributed by atoms with E-state index in [1.165, 1.54) is 5.57 Å². The van der Waals surface area contributed by atoms with Gasteiger partial charge in [-0.3, -0.25) is 4.79 Å². The molecular weight excluding hydrogens is 188 g/mol. The summed E-state index contributed by atoms with van der Waals surface area (Å²) in [5.74, 6) is 0.0908. The second kappa shape index (κ2) is 4.79. The Labute approximate surface area is 92.3 Å². The summed E-state index contributed by atoms with van der Waals surface area (Å²) in [6.07, 6.45) is 4.80. The van der Waals surface area contributed by atoms with Gasteiger partial charge in [0, 0.05) is 13.1 Å². The highest BCUT2D eigenvalue weighted by atomic mass is 16.2. The number of hydrogen-bond acceptors (Lipinski definition) is 2. The molecule has 1 amide bonds. The van der Waals surface area contributed by atoms with Gasteiger partial charge in [-0.25, -0.2) is 0 Å². The molecule has 0 aromatic heterocycles. The quantitative estimate of drug-likeness (QED) is 0.720. The van der Waals surface area contributed by atoms with Gasteiger partial charge in [0.1, 0.15) is 0 Å². The van der Waals surface area contributed by atoms with E-state index in [-0.39, 0.29) is 5.91 Å². The molecule has 1 aliphatic heterocycles. The Morgan fingerprint density at radius 3 is 2.80 bits per heavy atom. The molecule has 1 aliphatic rings. The van der Waals surface area contributed by atoms with E-state index in [4.69, 9.17) is 5.73 Å². The van der Waals surface area contributed by atoms with E-state index in [0.717, 1.165) is 32.4 Å². The molecule has 1 unspecified atom stereocenters. The summed E-state index contributed by atoms with van der Waals surface area (Å²) in [5.41, 5.74) is 6.71. The van der Waals surface area contributed by atoms with Crippen molar-refractivity contribution in [2.75, 3.05) is 13.1 Å². The van der Waals surface area contributed by atoms with E-state index in [1.807, 2.05) is 11.8 Å². The second-order valence-electron chi connectivity index (χ2n) is 4.72. The number of hydrogen-bond donors (Lipinski definition) is 1. The number of amides is 1. The fourth-order valence-electron chi connectivity index (χ4n) is 1.94. The van der Waals surface area contributed by atoms with Crippen molar-refractivity contribution in [3.8, 4) is 0 Å². The monoisotopic (exact) mass is 210 g/mol. The highest BCUT2D eigenvalue weighted by Gasteiger charge is 2.31. The van der Waals surface area contributed by atoms with E-state index in [2.05, 4.69) is 19.9 Å². The van der Waals surface area contributed by atoms with Crippen LogP contribution in [-0.4, -0.2) is 29.4 Å². The Balaban J connectivity index is 2.61. The maximum absolute atomic E-state index is 12.1. The Morgan fingerprint density at radius 2 is 2.33 bits per heavy atom. The van der Waals surface area contributed by atoms with Crippen molar-refractivity contribution in [1.29, 1.82) is 0 Å². The van der Waals surface area contributed by atoms with Crippen LogP contribution in [-0.2, 0) is 4.79 Å². The van der Waals surface area contributed by atoms with Crippen molar-refractivity contribution in [1.82, 2.24) is 4.90 Å². The van der Waals surface area contributed by atoms with Crippen molar-refractivity contribution < 1.29 is 4.79 Å². The lowest BCUT2D eigenvalue weighted by molar-refractivity contribution is -0.136. The smallest absolute Gasteiger partial charge is 0.242 e. The number of carbonyl (C=O) groups excluding carboxylic acids is 1. The van der Waals surface area contributed by atoms with Crippen LogP contribution >= 0.6 is 0 Å². The minimum absolute atomic E-state index is 0.0908. The van der Waals surface area contributed by atoms with Crippen LogP contribution in [0.25, 0.3) is 0 Å². The lowest BCUT2D eigenvalue weighted by Crippen LogP contribution is -2.54. The van der Waals surface area contributed by atoms with Gasteiger partial charge in [0.05, 0.1) is 5.54 Å². The van der Waals surface area contributed by atoms with Crippen LogP contribution in [0.3, 0.4) is 0 Å². The first kappa shape index (κ1) is 12.2. The third-order valence-electron chi connectivity index (χ3n) is 2.98. The molecule has 0 fully saturated rings. The van der Waals surface area contributed by atoms with Gasteiger partial charge in [0.2, 0.25) is 5.91 Å². The van der Waals surface area contributed by atoms with Crippen LogP contribution < -0.4 is 5.73 Å². The molecule has 3 nitrogen and oxygen atoms in total. The molecule has 1 rings (SSSR count). The summed E-state index contributed by atoms with van der Waals surface area (Å²) in [4.78, 5) is 14.0. The minimum Gasteiger partial charge on any atom is -0.337 e. The predicted octanol–water partition coefficient (Wildman–Crippen LogP) is 1.68. The molecule has 15 heavy (non-hydrogen) atoms. The largest absolute Gasteiger partial charge is 0.337 e. The van der Waals surface area contributed by atoms with Crippen LogP contribution in [0, 0.1) is 0 Å². The SMILES string of the molecule is CCCC(C)(N)C(=O)N1CC=C(C)CC1. The van der Waals surface area contributed by atoms with Crippen molar-refractivity contribution in [2.24, 2.45) is 5.73 Å². The topological polar surface area (TPSA) is 46.3 Å². The molecule has 2 N–H and O–H groups in total. The van der Waals surface area contributed by atoms with Crippen LogP contribution in [0.2, 0.25) is 0 Å². The van der Waals surface area contributed by atoms with Gasteiger partial charge in [0.15, 0.2) is 0 Å². The lowest BCUT2D eigenvalue weighted by atomic mass is 9.95. The van der Waals surface area contributed by atoms with Gasteiger partial charge in [0.25, 0.3) is 0 Å². The van der Waals surface area contributed by atoms with Gasteiger partial charge in [-0.1, -0.05) is 25.0 Å². The predicted molar refractivity (Wildman–Crippen MR) is 62.5 cm³/mol. The Bertz CT molecular complexity index is 269. The van der Waals surface area contributed by atoms with Crippen molar-refractivity contribution in [2.45, 2.75) is 45.6 Å². The van der Waals surface area contributed by atoms with E-state index >= 15 is 0 Å². The molecule has 0 aromatic rings. The molecule has 0 bridgehead atoms. The summed E-state index contributed by atoms with van der Waals surface area (Å²) in [6, 6.07) is 0. The van der Waals surface area contributed by atoms with Crippen molar-refractivity contribution >= 4 is 5.91 Å². The zero-order valence-electron chi connectivity index (χ0n) is 10.0. The van der Waals surface area contributed by atoms with Gasteiger partial charge in [-0.05, 0) is 26.7 Å². The van der Waals surface area contributed by atoms with Gasteiger partial charge in [-0.15, -0.1) is 0 Å². The number of nitrogens with two attached hydrogens (primary N) is 1. The average Bonchev–Trinajstić information content (AvgIpc) is 2.18. The van der Waals surface area contributed by atoms with E-state index in [9.17, 15) is 4.79 Å². The highest BCUT2D eigenvalue weighted by molar-refractivity contribution is 5.85. The number of carbonyl (C=O) groups is 1. The van der Waals surface area contributed by atoms with Crippen molar-refractivity contribution in [3.05, 3.63) is 11.6 Å². The summed E-state index contributed by atoms with van der Waals surface area (Å²) in [5, 5.41) is 0. The van der Waals surface area contributed by atoms with Gasteiger partial charge >= 0.3 is 0 Å².